The molecule has 1 aliphatic rings. The minimum atomic E-state index is 0.904. The summed E-state index contributed by atoms with van der Waals surface area (Å²) in [4.78, 5) is 0. The molecule has 0 bridgehead atoms. The van der Waals surface area contributed by atoms with Gasteiger partial charge < -0.3 is 5.53 Å². The van der Waals surface area contributed by atoms with Gasteiger partial charge in [-0.1, -0.05) is 97.4 Å². The van der Waals surface area contributed by atoms with E-state index in [1.807, 2.05) is 14.4 Å². The van der Waals surface area contributed by atoms with E-state index in [1.165, 1.54) is 218 Å². The van der Waals surface area contributed by atoms with Gasteiger partial charge in [0.2, 0.25) is 11.4 Å². The van der Waals surface area contributed by atoms with Crippen molar-refractivity contribution in [2.24, 2.45) is 0 Å². The second-order valence-electron chi connectivity index (χ2n) is 18.0. The Kier molecular flexibility index (Phi) is 34.9. The van der Waals surface area contributed by atoms with Crippen molar-refractivity contribution in [3.63, 3.8) is 0 Å². The molecule has 0 aromatic heterocycles. The molecule has 2 aromatic carbocycles. The molecule has 3 heteroatoms. The molecule has 344 valence electrons. The van der Waals surface area contributed by atoms with Gasteiger partial charge in [-0.25, -0.2) is 4.70 Å². The Morgan fingerprint density at radius 1 is 0.400 bits per heavy atom. The van der Waals surface area contributed by atoms with Crippen molar-refractivity contribution in [1.82, 2.24) is 0 Å². The van der Waals surface area contributed by atoms with Gasteiger partial charge in [0.25, 0.3) is 0 Å². The fourth-order valence-corrected chi connectivity index (χ4v) is 9.68. The molecule has 2 aromatic rings. The molecule has 1 heterocycles. The maximum absolute atomic E-state index is 11.4. The Balaban J connectivity index is 0.000000424. The summed E-state index contributed by atoms with van der Waals surface area (Å²) in [7, 11) is 0. The number of benzene rings is 2. The Bertz CT molecular complexity index is 1360. The summed E-state index contributed by atoms with van der Waals surface area (Å²) in [6, 6.07) is 17.5. The molecular weight excluding hydrogens is 771 g/mol. The van der Waals surface area contributed by atoms with Crippen LogP contribution in [-0.4, -0.2) is 4.70 Å². The van der Waals surface area contributed by atoms with Crippen molar-refractivity contribution in [2.45, 2.75) is 264 Å². The van der Waals surface area contributed by atoms with Gasteiger partial charge in [0, 0.05) is 22.8 Å². The standard InChI is InChI=1S/C31H42N2.2C13H27.Ni/c1-4-7-10-12-16-26-18-14-21-28(23-26)31-29(19-9-6-3)24-30(33(31)32)27-20-13-17-25(22-27)15-11-8-5-2;2*1-3-5-7-9-11-13-12-10-8-6-4-2;/h13-14,17-18,20-24H,4-12,15-16,19H2,1-3H3;2*1,3-13H2,2H3;. The Labute approximate surface area is 380 Å². The Hall–Kier alpha value is -1.99. The number of hydrogen-bond donors (Lipinski definition) is 0. The second-order valence-corrected chi connectivity index (χ2v) is 19.5. The SMILES string of the molecule is CCCCCCCCCCCC[CH2][Ni][CH2]CCCCCCCCCCCC.CCCCCCc1cccc(C2=C(CCCC)C=C(c3cccc(CCCCC)c3)[N+]2=[N-])c1. The van der Waals surface area contributed by atoms with E-state index >= 15 is 0 Å². The fourth-order valence-electron chi connectivity index (χ4n) is 8.44. The number of nitrogens with zero attached hydrogens (tertiary/aromatic N) is 2. The monoisotopic (exact) mass is 867 g/mol. The normalized spacial score (nSPS) is 12.7. The summed E-state index contributed by atoms with van der Waals surface area (Å²) >= 11 is 2.03. The van der Waals surface area contributed by atoms with Gasteiger partial charge >= 0.3 is 166 Å². The summed E-state index contributed by atoms with van der Waals surface area (Å²) < 4.78 is 1.45. The summed E-state index contributed by atoms with van der Waals surface area (Å²) in [5, 5.41) is 2.86. The minimum Gasteiger partial charge on any atom is -0.493 e. The van der Waals surface area contributed by atoms with Crippen molar-refractivity contribution >= 4 is 11.4 Å². The number of unbranched alkanes of at least 4 members (excludes halogenated alkanes) is 26. The predicted molar refractivity (Wildman–Crippen MR) is 265 cm³/mol. The smallest absolute Gasteiger partial charge is 0.493 e. The van der Waals surface area contributed by atoms with Crippen LogP contribution in [0.4, 0.5) is 0 Å². The van der Waals surface area contributed by atoms with E-state index in [9.17, 15) is 5.53 Å². The van der Waals surface area contributed by atoms with Gasteiger partial charge in [-0.3, -0.25) is 0 Å². The molecule has 0 unspecified atom stereocenters. The molecule has 0 fully saturated rings. The van der Waals surface area contributed by atoms with Gasteiger partial charge in [0.1, 0.15) is 0 Å². The number of allylic oxidation sites excluding steroid dienone is 2. The van der Waals surface area contributed by atoms with E-state index in [-0.39, 0.29) is 0 Å². The summed E-state index contributed by atoms with van der Waals surface area (Å²) in [5.41, 5.74) is 19.4. The van der Waals surface area contributed by atoms with E-state index in [1.54, 1.807) is 0 Å². The van der Waals surface area contributed by atoms with Crippen LogP contribution in [0.3, 0.4) is 0 Å². The van der Waals surface area contributed by atoms with Crippen LogP contribution in [0.25, 0.3) is 16.9 Å². The quantitative estimate of drug-likeness (QED) is 0.0365. The molecule has 0 N–H and O–H groups in total. The van der Waals surface area contributed by atoms with Crippen LogP contribution in [0.5, 0.6) is 0 Å². The van der Waals surface area contributed by atoms with Gasteiger partial charge in [0.15, 0.2) is 0 Å². The second kappa shape index (κ2) is 38.7. The average Bonchev–Trinajstić information content (AvgIpc) is 3.60. The molecule has 0 radical (unpaired) electrons. The Morgan fingerprint density at radius 3 is 1.23 bits per heavy atom. The molecule has 60 heavy (non-hydrogen) atoms. The Morgan fingerprint density at radius 2 is 0.767 bits per heavy atom. The zero-order valence-electron chi connectivity index (χ0n) is 40.4. The van der Waals surface area contributed by atoms with E-state index in [0.29, 0.717) is 0 Å². The first-order chi connectivity index (χ1) is 29.6. The number of aryl methyl sites for hydroxylation is 2. The van der Waals surface area contributed by atoms with E-state index in [2.05, 4.69) is 89.2 Å². The third kappa shape index (κ3) is 25.8. The van der Waals surface area contributed by atoms with Crippen molar-refractivity contribution in [3.05, 3.63) is 88.0 Å². The number of hydrogen-bond acceptors (Lipinski definition) is 0. The maximum atomic E-state index is 11.4. The molecule has 0 aliphatic carbocycles. The third-order valence-electron chi connectivity index (χ3n) is 12.3. The number of rotatable bonds is 38. The average molecular weight is 868 g/mol. The predicted octanol–water partition coefficient (Wildman–Crippen LogP) is 20.1. The first-order valence-electron chi connectivity index (χ1n) is 26.2. The molecule has 1 aliphatic heterocycles. The van der Waals surface area contributed by atoms with Crippen LogP contribution in [0.2, 0.25) is 10.8 Å². The van der Waals surface area contributed by atoms with Crippen molar-refractivity contribution in [3.8, 4) is 0 Å². The van der Waals surface area contributed by atoms with Gasteiger partial charge in [-0.05, 0) is 73.9 Å². The topological polar surface area (TPSA) is 25.3 Å². The third-order valence-corrected chi connectivity index (χ3v) is 13.7. The minimum absolute atomic E-state index is 0.904. The van der Waals surface area contributed by atoms with E-state index in [0.717, 1.165) is 54.6 Å². The molecule has 3 rings (SSSR count). The van der Waals surface area contributed by atoms with Gasteiger partial charge in [0.05, 0.1) is 0 Å². The summed E-state index contributed by atoms with van der Waals surface area (Å²) in [6.45, 7) is 11.3. The molecule has 0 saturated carbocycles. The van der Waals surface area contributed by atoms with Crippen LogP contribution < -0.4 is 0 Å². The molecule has 0 amide bonds. The molecule has 0 spiro atoms. The van der Waals surface area contributed by atoms with Crippen LogP contribution in [0.1, 0.15) is 262 Å². The fraction of sp³-hybridized carbons (Fsp3) is 0.719. The van der Waals surface area contributed by atoms with Crippen LogP contribution in [0, 0.1) is 0 Å². The molecule has 0 saturated heterocycles. The van der Waals surface area contributed by atoms with Crippen LogP contribution in [0.15, 0.2) is 60.2 Å². The van der Waals surface area contributed by atoms with Gasteiger partial charge in [-0.2, -0.15) is 0 Å². The van der Waals surface area contributed by atoms with Crippen LogP contribution >= 0.6 is 0 Å². The first-order valence-corrected chi connectivity index (χ1v) is 27.6. The van der Waals surface area contributed by atoms with Gasteiger partial charge in [-0.15, -0.1) is 0 Å². The van der Waals surface area contributed by atoms with Crippen molar-refractivity contribution < 1.29 is 19.1 Å². The molecular formula is C57H96N2Ni. The van der Waals surface area contributed by atoms with Crippen molar-refractivity contribution in [1.29, 1.82) is 0 Å². The first kappa shape index (κ1) is 54.1. The van der Waals surface area contributed by atoms with E-state index < -0.39 is 0 Å². The van der Waals surface area contributed by atoms with Crippen LogP contribution in [-0.2, 0) is 27.3 Å². The zero-order valence-corrected chi connectivity index (χ0v) is 41.4. The van der Waals surface area contributed by atoms with Crippen molar-refractivity contribution in [2.75, 3.05) is 0 Å². The van der Waals surface area contributed by atoms with E-state index in [4.69, 9.17) is 0 Å². The zero-order chi connectivity index (χ0) is 43.1. The molecule has 2 nitrogen and oxygen atoms in total. The summed E-state index contributed by atoms with van der Waals surface area (Å²) in [5.74, 6) is 0. The summed E-state index contributed by atoms with van der Waals surface area (Å²) in [6.07, 6.45) is 48.8. The molecule has 0 atom stereocenters.